The molecule has 0 amide bonds. The van der Waals surface area contributed by atoms with Crippen LogP contribution in [0.1, 0.15) is 12.8 Å². The molecule has 0 unspecified atom stereocenters. The Morgan fingerprint density at radius 1 is 0.684 bits per heavy atom. The number of hydrogen-bond acceptors (Lipinski definition) is 3. The summed E-state index contributed by atoms with van der Waals surface area (Å²) in [7, 11) is 0. The zero-order valence-electron chi connectivity index (χ0n) is 10.9. The average Bonchev–Trinajstić information content (AvgIpc) is 2.46. The number of rotatable bonds is 7. The first-order valence-electron chi connectivity index (χ1n) is 6.51. The number of benzene rings is 2. The Bertz CT molecular complexity index is 468. The van der Waals surface area contributed by atoms with E-state index in [4.69, 9.17) is 15.2 Å². The van der Waals surface area contributed by atoms with Gasteiger partial charge in [0.1, 0.15) is 11.5 Å². The van der Waals surface area contributed by atoms with E-state index in [1.165, 1.54) is 0 Å². The normalized spacial score (nSPS) is 10.1. The van der Waals surface area contributed by atoms with Crippen LogP contribution >= 0.6 is 0 Å². The quantitative estimate of drug-likeness (QED) is 0.610. The van der Waals surface area contributed by atoms with Crippen LogP contribution in [0.25, 0.3) is 0 Å². The second-order valence-corrected chi connectivity index (χ2v) is 4.29. The van der Waals surface area contributed by atoms with E-state index in [-0.39, 0.29) is 0 Å². The third-order valence-corrected chi connectivity index (χ3v) is 2.70. The van der Waals surface area contributed by atoms with Gasteiger partial charge in [-0.1, -0.05) is 18.2 Å². The molecule has 0 bridgehead atoms. The molecule has 2 N–H and O–H groups in total. The van der Waals surface area contributed by atoms with Crippen LogP contribution in [0.2, 0.25) is 0 Å². The van der Waals surface area contributed by atoms with Crippen molar-refractivity contribution in [2.45, 2.75) is 12.8 Å². The first kappa shape index (κ1) is 13.3. The first-order valence-corrected chi connectivity index (χ1v) is 6.51. The summed E-state index contributed by atoms with van der Waals surface area (Å²) < 4.78 is 11.2. The number of anilines is 1. The summed E-state index contributed by atoms with van der Waals surface area (Å²) in [5.41, 5.74) is 6.36. The molecule has 100 valence electrons. The van der Waals surface area contributed by atoms with Crippen molar-refractivity contribution < 1.29 is 9.47 Å². The minimum Gasteiger partial charge on any atom is -0.494 e. The SMILES string of the molecule is Nc1ccc(OCCCCOc2ccccc2)cc1. The van der Waals surface area contributed by atoms with Crippen LogP contribution in [0.4, 0.5) is 5.69 Å². The topological polar surface area (TPSA) is 44.5 Å². The summed E-state index contributed by atoms with van der Waals surface area (Å²) in [5.74, 6) is 1.78. The van der Waals surface area contributed by atoms with Crippen LogP contribution in [0, 0.1) is 0 Å². The molecular weight excluding hydrogens is 238 g/mol. The van der Waals surface area contributed by atoms with E-state index in [0.29, 0.717) is 6.61 Å². The van der Waals surface area contributed by atoms with E-state index in [0.717, 1.165) is 36.6 Å². The molecule has 0 spiro atoms. The summed E-state index contributed by atoms with van der Waals surface area (Å²) in [4.78, 5) is 0. The Balaban J connectivity index is 1.56. The molecule has 0 fully saturated rings. The standard InChI is InChI=1S/C16H19NO2/c17-14-8-10-16(11-9-14)19-13-5-4-12-18-15-6-2-1-3-7-15/h1-3,6-11H,4-5,12-13,17H2. The molecule has 0 aliphatic heterocycles. The molecule has 0 atom stereocenters. The highest BCUT2D eigenvalue weighted by atomic mass is 16.5. The number of hydrogen-bond donors (Lipinski definition) is 1. The summed E-state index contributed by atoms with van der Waals surface area (Å²) in [6, 6.07) is 17.3. The van der Waals surface area contributed by atoms with Crippen molar-refractivity contribution >= 4 is 5.69 Å². The second kappa shape index (κ2) is 7.31. The highest BCUT2D eigenvalue weighted by Gasteiger charge is 1.95. The molecule has 0 aliphatic carbocycles. The van der Waals surface area contributed by atoms with Gasteiger partial charge >= 0.3 is 0 Å². The van der Waals surface area contributed by atoms with E-state index in [1.54, 1.807) is 0 Å². The van der Waals surface area contributed by atoms with Crippen molar-refractivity contribution in [1.82, 2.24) is 0 Å². The lowest BCUT2D eigenvalue weighted by Gasteiger charge is -2.07. The Hall–Kier alpha value is -2.16. The molecule has 0 aliphatic rings. The van der Waals surface area contributed by atoms with Gasteiger partial charge in [0, 0.05) is 5.69 Å². The maximum absolute atomic E-state index is 5.60. The lowest BCUT2D eigenvalue weighted by molar-refractivity contribution is 0.266. The molecular formula is C16H19NO2. The fourth-order valence-corrected chi connectivity index (χ4v) is 1.66. The Morgan fingerprint density at radius 2 is 1.21 bits per heavy atom. The third-order valence-electron chi connectivity index (χ3n) is 2.70. The fourth-order valence-electron chi connectivity index (χ4n) is 1.66. The van der Waals surface area contributed by atoms with Crippen molar-refractivity contribution in [3.05, 3.63) is 54.6 Å². The van der Waals surface area contributed by atoms with Gasteiger partial charge in [-0.15, -0.1) is 0 Å². The molecule has 2 aromatic carbocycles. The predicted octanol–water partition coefficient (Wildman–Crippen LogP) is 3.51. The highest BCUT2D eigenvalue weighted by Crippen LogP contribution is 2.13. The van der Waals surface area contributed by atoms with Gasteiger partial charge in [-0.3, -0.25) is 0 Å². The Morgan fingerprint density at radius 3 is 1.79 bits per heavy atom. The molecule has 0 radical (unpaired) electrons. The maximum Gasteiger partial charge on any atom is 0.119 e. The Kier molecular flexibility index (Phi) is 5.11. The van der Waals surface area contributed by atoms with Gasteiger partial charge in [-0.2, -0.15) is 0 Å². The van der Waals surface area contributed by atoms with Gasteiger partial charge < -0.3 is 15.2 Å². The van der Waals surface area contributed by atoms with Crippen molar-refractivity contribution in [3.63, 3.8) is 0 Å². The predicted molar refractivity (Wildman–Crippen MR) is 77.5 cm³/mol. The van der Waals surface area contributed by atoms with Crippen molar-refractivity contribution in [2.75, 3.05) is 18.9 Å². The lowest BCUT2D eigenvalue weighted by Crippen LogP contribution is -2.02. The van der Waals surface area contributed by atoms with Crippen molar-refractivity contribution in [3.8, 4) is 11.5 Å². The van der Waals surface area contributed by atoms with Gasteiger partial charge in [0.2, 0.25) is 0 Å². The molecule has 3 heteroatoms. The number of nitrogen functional groups attached to an aromatic ring is 1. The smallest absolute Gasteiger partial charge is 0.119 e. The molecule has 2 rings (SSSR count). The molecule has 0 saturated heterocycles. The third kappa shape index (κ3) is 4.92. The van der Waals surface area contributed by atoms with E-state index in [2.05, 4.69) is 0 Å². The monoisotopic (exact) mass is 257 g/mol. The van der Waals surface area contributed by atoms with Crippen LogP contribution in [-0.2, 0) is 0 Å². The summed E-state index contributed by atoms with van der Waals surface area (Å²) in [6.07, 6.45) is 1.95. The fraction of sp³-hybridized carbons (Fsp3) is 0.250. The molecule has 3 nitrogen and oxygen atoms in total. The number of unbranched alkanes of at least 4 members (excludes halogenated alkanes) is 1. The van der Waals surface area contributed by atoms with Crippen molar-refractivity contribution in [2.24, 2.45) is 0 Å². The molecule has 0 heterocycles. The maximum atomic E-state index is 5.60. The molecule has 2 aromatic rings. The molecule has 0 saturated carbocycles. The highest BCUT2D eigenvalue weighted by molar-refractivity contribution is 5.41. The zero-order chi connectivity index (χ0) is 13.3. The summed E-state index contributed by atoms with van der Waals surface area (Å²) in [6.45, 7) is 1.41. The van der Waals surface area contributed by atoms with Crippen LogP contribution < -0.4 is 15.2 Å². The van der Waals surface area contributed by atoms with Gasteiger partial charge in [-0.05, 0) is 49.2 Å². The van der Waals surface area contributed by atoms with Crippen LogP contribution in [-0.4, -0.2) is 13.2 Å². The number of ether oxygens (including phenoxy) is 2. The molecule has 19 heavy (non-hydrogen) atoms. The summed E-state index contributed by atoms with van der Waals surface area (Å²) in [5, 5.41) is 0. The van der Waals surface area contributed by atoms with E-state index in [9.17, 15) is 0 Å². The Labute approximate surface area is 114 Å². The first-order chi connectivity index (χ1) is 9.34. The van der Waals surface area contributed by atoms with Crippen LogP contribution in [0.15, 0.2) is 54.6 Å². The van der Waals surface area contributed by atoms with Gasteiger partial charge in [0.05, 0.1) is 13.2 Å². The molecule has 0 aromatic heterocycles. The number of para-hydroxylation sites is 1. The van der Waals surface area contributed by atoms with Gasteiger partial charge in [0.25, 0.3) is 0 Å². The zero-order valence-corrected chi connectivity index (χ0v) is 10.9. The van der Waals surface area contributed by atoms with Crippen LogP contribution in [0.3, 0.4) is 0 Å². The van der Waals surface area contributed by atoms with Crippen LogP contribution in [0.5, 0.6) is 11.5 Å². The van der Waals surface area contributed by atoms with Gasteiger partial charge in [0.15, 0.2) is 0 Å². The minimum absolute atomic E-state index is 0.696. The largest absolute Gasteiger partial charge is 0.494 e. The average molecular weight is 257 g/mol. The minimum atomic E-state index is 0.696. The second-order valence-electron chi connectivity index (χ2n) is 4.29. The lowest BCUT2D eigenvalue weighted by atomic mass is 10.3. The van der Waals surface area contributed by atoms with Crippen molar-refractivity contribution in [1.29, 1.82) is 0 Å². The van der Waals surface area contributed by atoms with E-state index >= 15 is 0 Å². The van der Waals surface area contributed by atoms with E-state index in [1.807, 2.05) is 54.6 Å². The van der Waals surface area contributed by atoms with E-state index < -0.39 is 0 Å². The summed E-state index contributed by atoms with van der Waals surface area (Å²) >= 11 is 0. The number of nitrogens with two attached hydrogens (primary N) is 1. The van der Waals surface area contributed by atoms with Gasteiger partial charge in [-0.25, -0.2) is 0 Å².